The number of amides is 1. The van der Waals surface area contributed by atoms with E-state index in [0.717, 1.165) is 18.0 Å². The molecule has 2 rings (SSSR count). The van der Waals surface area contributed by atoms with E-state index >= 15 is 0 Å². The van der Waals surface area contributed by atoms with Crippen molar-refractivity contribution in [2.45, 2.75) is 19.8 Å². The van der Waals surface area contributed by atoms with Crippen molar-refractivity contribution >= 4 is 36.5 Å². The fraction of sp³-hybridized carbons (Fsp3) is 0.500. The highest BCUT2D eigenvalue weighted by atomic mass is 35.5. The van der Waals surface area contributed by atoms with Crippen molar-refractivity contribution in [3.8, 4) is 0 Å². The summed E-state index contributed by atoms with van der Waals surface area (Å²) in [7, 11) is 0. The fourth-order valence-corrected chi connectivity index (χ4v) is 1.44. The third-order valence-electron chi connectivity index (χ3n) is 2.59. The zero-order valence-corrected chi connectivity index (χ0v) is 11.9. The molecular formula is C12H19Cl2N3O. The molecule has 4 nitrogen and oxygen atoms in total. The lowest BCUT2D eigenvalue weighted by Gasteiger charge is -2.05. The van der Waals surface area contributed by atoms with E-state index in [-0.39, 0.29) is 30.7 Å². The Labute approximate surface area is 120 Å². The van der Waals surface area contributed by atoms with Gasteiger partial charge in [0.2, 0.25) is 5.91 Å². The highest BCUT2D eigenvalue weighted by Crippen LogP contribution is 2.27. The summed E-state index contributed by atoms with van der Waals surface area (Å²) in [6.07, 6.45) is 4.34. The largest absolute Gasteiger partial charge is 0.310 e. The van der Waals surface area contributed by atoms with Crippen molar-refractivity contribution < 1.29 is 4.79 Å². The molecular weight excluding hydrogens is 273 g/mol. The Balaban J connectivity index is 0.00000144. The highest BCUT2D eigenvalue weighted by molar-refractivity contribution is 5.91. The van der Waals surface area contributed by atoms with Crippen LogP contribution in [0.5, 0.6) is 0 Å². The lowest BCUT2D eigenvalue weighted by molar-refractivity contribution is -0.115. The number of aromatic nitrogens is 1. The molecule has 1 aliphatic rings. The first kappa shape index (κ1) is 17.2. The lowest BCUT2D eigenvalue weighted by Crippen LogP contribution is -2.29. The van der Waals surface area contributed by atoms with E-state index in [4.69, 9.17) is 0 Å². The molecule has 1 fully saturated rings. The number of pyridine rings is 1. The molecule has 0 saturated heterocycles. The van der Waals surface area contributed by atoms with Crippen LogP contribution in [0.15, 0.2) is 18.3 Å². The van der Waals surface area contributed by atoms with Crippen molar-refractivity contribution in [2.24, 2.45) is 5.92 Å². The summed E-state index contributed by atoms with van der Waals surface area (Å²) in [6.45, 7) is 3.29. The Kier molecular flexibility index (Phi) is 7.91. The zero-order valence-electron chi connectivity index (χ0n) is 10.3. The quantitative estimate of drug-likeness (QED) is 0.874. The van der Waals surface area contributed by atoms with Crippen molar-refractivity contribution in [2.75, 3.05) is 18.4 Å². The van der Waals surface area contributed by atoms with Gasteiger partial charge < -0.3 is 10.6 Å². The molecule has 1 aromatic heterocycles. The average Bonchev–Trinajstić information content (AvgIpc) is 3.05. The van der Waals surface area contributed by atoms with Gasteiger partial charge in [-0.3, -0.25) is 4.79 Å². The molecule has 0 aliphatic heterocycles. The van der Waals surface area contributed by atoms with Crippen LogP contribution in [0, 0.1) is 12.8 Å². The molecule has 0 radical (unpaired) electrons. The number of aryl methyl sites for hydroxylation is 1. The van der Waals surface area contributed by atoms with Crippen LogP contribution in [0.25, 0.3) is 0 Å². The summed E-state index contributed by atoms with van der Waals surface area (Å²) in [6, 6.07) is 3.74. The summed E-state index contributed by atoms with van der Waals surface area (Å²) >= 11 is 0. The van der Waals surface area contributed by atoms with Crippen molar-refractivity contribution in [1.29, 1.82) is 0 Å². The fourth-order valence-electron chi connectivity index (χ4n) is 1.44. The maximum Gasteiger partial charge on any atom is 0.239 e. The Hall–Kier alpha value is -0.840. The van der Waals surface area contributed by atoms with Gasteiger partial charge in [0.1, 0.15) is 5.82 Å². The Bertz CT molecular complexity index is 366. The number of anilines is 1. The Morgan fingerprint density at radius 1 is 1.39 bits per heavy atom. The zero-order chi connectivity index (χ0) is 11.4. The van der Waals surface area contributed by atoms with Crippen LogP contribution in [-0.2, 0) is 4.79 Å². The molecule has 1 saturated carbocycles. The predicted molar refractivity (Wildman–Crippen MR) is 77.7 cm³/mol. The summed E-state index contributed by atoms with van der Waals surface area (Å²) < 4.78 is 0. The minimum Gasteiger partial charge on any atom is -0.310 e. The second kappa shape index (κ2) is 8.29. The predicted octanol–water partition coefficient (Wildman–Crippen LogP) is 2.17. The van der Waals surface area contributed by atoms with Gasteiger partial charge in [0.25, 0.3) is 0 Å². The number of rotatable bonds is 5. The van der Waals surface area contributed by atoms with Crippen LogP contribution in [0.2, 0.25) is 0 Å². The van der Waals surface area contributed by atoms with E-state index in [0.29, 0.717) is 12.4 Å². The summed E-state index contributed by atoms with van der Waals surface area (Å²) in [4.78, 5) is 15.6. The molecule has 1 amide bonds. The number of hydrogen-bond donors (Lipinski definition) is 2. The Morgan fingerprint density at radius 3 is 2.67 bits per heavy atom. The molecule has 0 spiro atoms. The van der Waals surface area contributed by atoms with Crippen LogP contribution >= 0.6 is 24.8 Å². The molecule has 0 atom stereocenters. The average molecular weight is 292 g/mol. The van der Waals surface area contributed by atoms with Gasteiger partial charge in [-0.1, -0.05) is 6.07 Å². The van der Waals surface area contributed by atoms with Crippen molar-refractivity contribution in [1.82, 2.24) is 10.3 Å². The smallest absolute Gasteiger partial charge is 0.239 e. The third-order valence-corrected chi connectivity index (χ3v) is 2.59. The molecule has 1 aromatic rings. The van der Waals surface area contributed by atoms with E-state index in [1.807, 2.05) is 19.1 Å². The normalized spacial score (nSPS) is 13.2. The number of carbonyl (C=O) groups is 1. The SMILES string of the molecule is Cc1ccc(NC(=O)CNCC2CC2)nc1.Cl.Cl. The van der Waals surface area contributed by atoms with E-state index in [2.05, 4.69) is 15.6 Å². The summed E-state index contributed by atoms with van der Waals surface area (Å²) in [5.74, 6) is 1.38. The van der Waals surface area contributed by atoms with Crippen LogP contribution in [0.4, 0.5) is 5.82 Å². The van der Waals surface area contributed by atoms with E-state index in [1.165, 1.54) is 12.8 Å². The van der Waals surface area contributed by atoms with Gasteiger partial charge in [0, 0.05) is 6.20 Å². The molecule has 0 unspecified atom stereocenters. The van der Waals surface area contributed by atoms with E-state index < -0.39 is 0 Å². The highest BCUT2D eigenvalue weighted by Gasteiger charge is 2.20. The van der Waals surface area contributed by atoms with Crippen molar-refractivity contribution in [3.05, 3.63) is 23.9 Å². The standard InChI is InChI=1S/C12H17N3O.2ClH/c1-9-2-5-11(14-6-9)15-12(16)8-13-7-10-3-4-10;;/h2,5-6,10,13H,3-4,7-8H2,1H3,(H,14,15,16);2*1H. The number of nitrogens with zero attached hydrogens (tertiary/aromatic N) is 1. The molecule has 6 heteroatoms. The number of halogens is 2. The number of nitrogens with one attached hydrogen (secondary N) is 2. The lowest BCUT2D eigenvalue weighted by atomic mass is 10.3. The first-order valence-electron chi connectivity index (χ1n) is 5.67. The van der Waals surface area contributed by atoms with Crippen LogP contribution in [0.1, 0.15) is 18.4 Å². The van der Waals surface area contributed by atoms with Gasteiger partial charge in [-0.15, -0.1) is 24.8 Å². The van der Waals surface area contributed by atoms with Crippen LogP contribution in [0.3, 0.4) is 0 Å². The molecule has 1 heterocycles. The van der Waals surface area contributed by atoms with Crippen molar-refractivity contribution in [3.63, 3.8) is 0 Å². The first-order valence-corrected chi connectivity index (χ1v) is 5.67. The van der Waals surface area contributed by atoms with Gasteiger partial charge in [-0.25, -0.2) is 4.98 Å². The first-order chi connectivity index (χ1) is 7.74. The maximum atomic E-state index is 11.5. The van der Waals surface area contributed by atoms with Gasteiger partial charge in [0.05, 0.1) is 6.54 Å². The summed E-state index contributed by atoms with van der Waals surface area (Å²) in [5, 5.41) is 5.89. The topological polar surface area (TPSA) is 54.0 Å². The molecule has 18 heavy (non-hydrogen) atoms. The molecule has 0 aromatic carbocycles. The second-order valence-corrected chi connectivity index (χ2v) is 4.34. The van der Waals surface area contributed by atoms with E-state index in [9.17, 15) is 4.79 Å². The second-order valence-electron chi connectivity index (χ2n) is 4.34. The minimum atomic E-state index is -0.0306. The molecule has 2 N–H and O–H groups in total. The van der Waals surface area contributed by atoms with Crippen LogP contribution < -0.4 is 10.6 Å². The van der Waals surface area contributed by atoms with Crippen LogP contribution in [-0.4, -0.2) is 24.0 Å². The minimum absolute atomic E-state index is 0. The molecule has 1 aliphatic carbocycles. The molecule has 102 valence electrons. The molecule has 0 bridgehead atoms. The number of hydrogen-bond acceptors (Lipinski definition) is 3. The van der Waals surface area contributed by atoms with Gasteiger partial charge >= 0.3 is 0 Å². The monoisotopic (exact) mass is 291 g/mol. The maximum absolute atomic E-state index is 11.5. The van der Waals surface area contributed by atoms with Gasteiger partial charge in [-0.2, -0.15) is 0 Å². The summed E-state index contributed by atoms with van der Waals surface area (Å²) in [5.41, 5.74) is 1.09. The number of carbonyl (C=O) groups excluding carboxylic acids is 1. The third kappa shape index (κ3) is 6.19. The van der Waals surface area contributed by atoms with Gasteiger partial charge in [0.15, 0.2) is 0 Å². The van der Waals surface area contributed by atoms with E-state index in [1.54, 1.807) is 6.20 Å². The Morgan fingerprint density at radius 2 is 2.11 bits per heavy atom. The van der Waals surface area contributed by atoms with Gasteiger partial charge in [-0.05, 0) is 43.9 Å².